The Morgan fingerprint density at radius 3 is 2.84 bits per heavy atom. The second-order valence-electron chi connectivity index (χ2n) is 7.21. The van der Waals surface area contributed by atoms with Crippen molar-refractivity contribution >= 4 is 34.0 Å². The van der Waals surface area contributed by atoms with Crippen LogP contribution in [0.15, 0.2) is 18.5 Å². The Morgan fingerprint density at radius 2 is 2.12 bits per heavy atom. The first kappa shape index (κ1) is 22.3. The maximum Gasteiger partial charge on any atom is 0.296 e. The number of carbonyl (C=O) groups excluding carboxylic acids is 1. The molecule has 1 aliphatic rings. The highest BCUT2D eigenvalue weighted by atomic mass is 35.5. The predicted molar refractivity (Wildman–Crippen MR) is 116 cm³/mol. The van der Waals surface area contributed by atoms with Gasteiger partial charge in [0.05, 0.1) is 30.5 Å². The topological polar surface area (TPSA) is 119 Å². The Morgan fingerprint density at radius 1 is 1.31 bits per heavy atom. The van der Waals surface area contributed by atoms with Crippen LogP contribution in [0.1, 0.15) is 35.3 Å². The molecule has 1 fully saturated rings. The number of anilines is 1. The van der Waals surface area contributed by atoms with E-state index in [1.54, 1.807) is 13.0 Å². The van der Waals surface area contributed by atoms with E-state index in [1.807, 2.05) is 0 Å². The van der Waals surface area contributed by atoms with E-state index in [-0.39, 0.29) is 50.1 Å². The van der Waals surface area contributed by atoms with Crippen LogP contribution >= 0.6 is 22.9 Å². The van der Waals surface area contributed by atoms with E-state index in [4.69, 9.17) is 21.1 Å². The number of hydrogen-bond donors (Lipinski definition) is 2. The van der Waals surface area contributed by atoms with Gasteiger partial charge < -0.3 is 14.6 Å². The summed E-state index contributed by atoms with van der Waals surface area (Å²) < 4.78 is 25.8. The lowest BCUT2D eigenvalue weighted by Crippen LogP contribution is -2.14. The molecule has 1 saturated carbocycles. The molecule has 0 saturated heterocycles. The van der Waals surface area contributed by atoms with Gasteiger partial charge in [0.1, 0.15) is 11.9 Å². The highest BCUT2D eigenvalue weighted by molar-refractivity contribution is 7.17. The van der Waals surface area contributed by atoms with Crippen molar-refractivity contribution in [2.75, 3.05) is 12.4 Å². The number of nitrogens with one attached hydrogen (secondary N) is 1. The number of aromatic nitrogens is 4. The van der Waals surface area contributed by atoms with Crippen LogP contribution in [-0.4, -0.2) is 50.5 Å². The number of halogens is 2. The largest absolute Gasteiger partial charge is 0.494 e. The van der Waals surface area contributed by atoms with Crippen molar-refractivity contribution in [3.8, 4) is 22.1 Å². The van der Waals surface area contributed by atoms with Gasteiger partial charge in [0.25, 0.3) is 11.1 Å². The van der Waals surface area contributed by atoms with Gasteiger partial charge in [-0.15, -0.1) is 5.10 Å². The van der Waals surface area contributed by atoms with Crippen molar-refractivity contribution < 1.29 is 23.8 Å². The zero-order valence-corrected chi connectivity index (χ0v) is 18.7. The van der Waals surface area contributed by atoms with Crippen LogP contribution in [0.3, 0.4) is 0 Å². The molecule has 3 aromatic rings. The molecule has 0 aliphatic heterocycles. The summed E-state index contributed by atoms with van der Waals surface area (Å²) in [6.45, 7) is 1.71. The van der Waals surface area contributed by atoms with Gasteiger partial charge in [-0.3, -0.25) is 15.1 Å². The van der Waals surface area contributed by atoms with E-state index in [0.717, 1.165) is 17.8 Å². The molecule has 3 aromatic heterocycles. The van der Waals surface area contributed by atoms with Gasteiger partial charge in [-0.2, -0.15) is 0 Å². The fraction of sp³-hybridized carbons (Fsp3) is 0.350. The quantitative estimate of drug-likeness (QED) is 0.514. The second-order valence-corrected chi connectivity index (χ2v) is 8.51. The van der Waals surface area contributed by atoms with Gasteiger partial charge in [-0.1, -0.05) is 16.7 Å². The number of rotatable bonds is 6. The van der Waals surface area contributed by atoms with E-state index >= 15 is 0 Å². The first-order valence-electron chi connectivity index (χ1n) is 9.70. The van der Waals surface area contributed by atoms with Crippen molar-refractivity contribution in [3.05, 3.63) is 40.7 Å². The first-order chi connectivity index (χ1) is 15.4. The average Bonchev–Trinajstić information content (AvgIpc) is 3.38. The summed E-state index contributed by atoms with van der Waals surface area (Å²) in [5, 5.41) is 20.3. The summed E-state index contributed by atoms with van der Waals surface area (Å²) in [6.07, 6.45) is 4.04. The number of carbonyl (C=O) groups is 1. The lowest BCUT2D eigenvalue weighted by atomic mass is 10.00. The number of hydrogen-bond acceptors (Lipinski definition) is 9. The maximum absolute atomic E-state index is 14.9. The predicted octanol–water partition coefficient (Wildman–Crippen LogP) is 3.65. The normalized spacial score (nSPS) is 17.9. The third-order valence-electron chi connectivity index (χ3n) is 4.97. The molecule has 2 N–H and O–H groups in total. The lowest BCUT2D eigenvalue weighted by molar-refractivity contribution is 0.102. The second kappa shape index (κ2) is 9.31. The number of aryl methyl sites for hydroxylation is 1. The summed E-state index contributed by atoms with van der Waals surface area (Å²) >= 11 is 6.93. The minimum Gasteiger partial charge on any atom is -0.494 e. The molecule has 1 amide bonds. The Kier molecular flexibility index (Phi) is 6.49. The van der Waals surface area contributed by atoms with Crippen LogP contribution < -0.4 is 14.8 Å². The fourth-order valence-corrected chi connectivity index (χ4v) is 4.24. The molecule has 9 nitrogen and oxygen atoms in total. The number of pyridine rings is 2. The smallest absolute Gasteiger partial charge is 0.296 e. The van der Waals surface area contributed by atoms with Crippen molar-refractivity contribution in [2.24, 2.45) is 0 Å². The Bertz CT molecular complexity index is 1160. The standard InChI is InChI=1S/C20H19ClFN5O4S/c1-9-5-12(15-14(30-2)8-24-17(21)16(15)22)13(7-23-9)18(29)25-19-26-27-20(32-19)31-11-4-3-10(28)6-11/h5,7-8,10-11,28H,3-4,6H2,1-2H3,(H,25,26,29)/t10-,11-/m0/s1. The molecule has 2 atom stereocenters. The SMILES string of the molecule is COc1cnc(Cl)c(F)c1-c1cc(C)ncc1C(=O)Nc1nnc(O[C@H]2CC[C@H](O)C2)s1. The van der Waals surface area contributed by atoms with Crippen LogP contribution in [0.2, 0.25) is 5.15 Å². The third-order valence-corrected chi connectivity index (χ3v) is 5.96. The number of amides is 1. The number of methoxy groups -OCH3 is 1. The van der Waals surface area contributed by atoms with Gasteiger partial charge in [0.2, 0.25) is 5.13 Å². The maximum atomic E-state index is 14.9. The van der Waals surface area contributed by atoms with Crippen LogP contribution in [-0.2, 0) is 0 Å². The van der Waals surface area contributed by atoms with Gasteiger partial charge >= 0.3 is 0 Å². The van der Waals surface area contributed by atoms with Crippen molar-refractivity contribution in [1.29, 1.82) is 0 Å². The highest BCUT2D eigenvalue weighted by Crippen LogP contribution is 2.37. The lowest BCUT2D eigenvalue weighted by Gasteiger charge is -2.14. The minimum atomic E-state index is -0.809. The molecule has 0 unspecified atom stereocenters. The molecule has 0 bridgehead atoms. The van der Waals surface area contributed by atoms with Crippen LogP contribution in [0.4, 0.5) is 9.52 Å². The van der Waals surface area contributed by atoms with Crippen molar-refractivity contribution in [2.45, 2.75) is 38.4 Å². The number of nitrogens with zero attached hydrogens (tertiary/aromatic N) is 4. The fourth-order valence-electron chi connectivity index (χ4n) is 3.44. The summed E-state index contributed by atoms with van der Waals surface area (Å²) in [4.78, 5) is 20.9. The summed E-state index contributed by atoms with van der Waals surface area (Å²) in [7, 11) is 1.37. The Hall–Kier alpha value is -2.89. The zero-order valence-electron chi connectivity index (χ0n) is 17.1. The van der Waals surface area contributed by atoms with Gasteiger partial charge in [-0.25, -0.2) is 9.37 Å². The zero-order chi connectivity index (χ0) is 22.8. The molecular formula is C20H19ClFN5O4S. The third kappa shape index (κ3) is 4.64. The molecule has 1 aliphatic carbocycles. The number of ether oxygens (including phenoxy) is 2. The Labute approximate surface area is 191 Å². The number of aliphatic hydroxyl groups excluding tert-OH is 1. The number of aliphatic hydroxyl groups is 1. The molecule has 168 valence electrons. The summed E-state index contributed by atoms with van der Waals surface area (Å²) in [5.41, 5.74) is 0.904. The molecule has 4 rings (SSSR count). The van der Waals surface area contributed by atoms with E-state index < -0.39 is 11.7 Å². The van der Waals surface area contributed by atoms with Crippen molar-refractivity contribution in [3.63, 3.8) is 0 Å². The Balaban J connectivity index is 1.60. The summed E-state index contributed by atoms with van der Waals surface area (Å²) in [5.74, 6) is -1.26. The summed E-state index contributed by atoms with van der Waals surface area (Å²) in [6, 6.07) is 1.56. The van der Waals surface area contributed by atoms with Gasteiger partial charge in [0.15, 0.2) is 11.0 Å². The van der Waals surface area contributed by atoms with Crippen LogP contribution in [0.5, 0.6) is 10.9 Å². The van der Waals surface area contributed by atoms with Crippen LogP contribution in [0, 0.1) is 12.7 Å². The van der Waals surface area contributed by atoms with Gasteiger partial charge in [-0.05, 0) is 37.2 Å². The van der Waals surface area contributed by atoms with Gasteiger partial charge in [0, 0.05) is 23.9 Å². The molecule has 0 spiro atoms. The first-order valence-corrected chi connectivity index (χ1v) is 10.9. The van der Waals surface area contributed by atoms with E-state index in [2.05, 4.69) is 25.5 Å². The molecule has 0 aromatic carbocycles. The minimum absolute atomic E-state index is 0.00391. The average molecular weight is 480 g/mol. The van der Waals surface area contributed by atoms with Crippen molar-refractivity contribution in [1.82, 2.24) is 20.2 Å². The molecule has 0 radical (unpaired) electrons. The molecule has 3 heterocycles. The van der Waals surface area contributed by atoms with E-state index in [0.29, 0.717) is 18.5 Å². The molecule has 32 heavy (non-hydrogen) atoms. The van der Waals surface area contributed by atoms with Crippen LogP contribution in [0.25, 0.3) is 11.1 Å². The highest BCUT2D eigenvalue weighted by Gasteiger charge is 2.26. The monoisotopic (exact) mass is 479 g/mol. The molecule has 12 heteroatoms. The molecular weight excluding hydrogens is 461 g/mol. The van der Waals surface area contributed by atoms with E-state index in [1.165, 1.54) is 19.5 Å². The van der Waals surface area contributed by atoms with E-state index in [9.17, 15) is 14.3 Å².